The van der Waals surface area contributed by atoms with Gasteiger partial charge in [-0.3, -0.25) is 4.79 Å². The summed E-state index contributed by atoms with van der Waals surface area (Å²) in [6.45, 7) is 5.09. The fraction of sp³-hybridized carbons (Fsp3) is 0.476. The summed E-state index contributed by atoms with van der Waals surface area (Å²) in [6, 6.07) is 9.53. The Bertz CT molecular complexity index is 803. The highest BCUT2D eigenvalue weighted by atomic mass is 16.6. The number of aryl methyl sites for hydroxylation is 1. The van der Waals surface area contributed by atoms with Crippen LogP contribution in [0.3, 0.4) is 0 Å². The van der Waals surface area contributed by atoms with Gasteiger partial charge in [0.05, 0.1) is 18.7 Å². The van der Waals surface area contributed by atoms with Gasteiger partial charge in [-0.2, -0.15) is 0 Å². The Morgan fingerprint density at radius 2 is 2.07 bits per heavy atom. The normalized spacial score (nSPS) is 17.1. The van der Waals surface area contributed by atoms with Crippen molar-refractivity contribution in [3.05, 3.63) is 41.8 Å². The van der Waals surface area contributed by atoms with Crippen LogP contribution in [-0.4, -0.2) is 47.6 Å². The number of aromatic nitrogens is 1. The maximum absolute atomic E-state index is 12.6. The van der Waals surface area contributed by atoms with Crippen molar-refractivity contribution in [1.82, 2.24) is 15.2 Å². The molecule has 1 aromatic heterocycles. The molecule has 1 saturated heterocycles. The number of likely N-dealkylation sites (tertiary alicyclic amines) is 1. The van der Waals surface area contributed by atoms with Gasteiger partial charge in [0.15, 0.2) is 0 Å². The molecule has 0 bridgehead atoms. The zero-order chi connectivity index (χ0) is 19.9. The van der Waals surface area contributed by atoms with Crippen molar-refractivity contribution >= 4 is 12.0 Å². The summed E-state index contributed by atoms with van der Waals surface area (Å²) in [5.74, 6) is 1.04. The molecule has 0 saturated carbocycles. The third-order valence-electron chi connectivity index (χ3n) is 4.80. The largest absolute Gasteiger partial charge is 0.450 e. The average molecular weight is 385 g/mol. The summed E-state index contributed by atoms with van der Waals surface area (Å²) in [5.41, 5.74) is 1.51. The zero-order valence-corrected chi connectivity index (χ0v) is 16.4. The van der Waals surface area contributed by atoms with E-state index in [0.717, 1.165) is 24.8 Å². The van der Waals surface area contributed by atoms with Crippen molar-refractivity contribution < 1.29 is 18.7 Å². The molecular formula is C21H27N3O4. The van der Waals surface area contributed by atoms with Crippen LogP contribution in [0.1, 0.15) is 37.6 Å². The first-order valence-corrected chi connectivity index (χ1v) is 9.79. The van der Waals surface area contributed by atoms with Gasteiger partial charge in [-0.25, -0.2) is 9.78 Å². The number of carbonyl (C=O) groups is 2. The topological polar surface area (TPSA) is 84.7 Å². The predicted molar refractivity (Wildman–Crippen MR) is 105 cm³/mol. The molecule has 1 N–H and O–H groups in total. The molecule has 1 aromatic carbocycles. The SMILES string of the molecule is CCOC(=O)N1CCCC[C@@H](NC(=O)Cc2nc(-c3ccccc3)oc2C)C1. The Hall–Kier alpha value is -2.83. The number of nitrogens with one attached hydrogen (secondary N) is 1. The number of amides is 2. The number of ether oxygens (including phenoxy) is 1. The molecule has 2 aromatic rings. The Kier molecular flexibility index (Phi) is 6.68. The smallest absolute Gasteiger partial charge is 0.409 e. The summed E-state index contributed by atoms with van der Waals surface area (Å²) in [7, 11) is 0. The molecule has 0 unspecified atom stereocenters. The third kappa shape index (κ3) is 5.12. The van der Waals surface area contributed by atoms with Crippen LogP contribution in [-0.2, 0) is 16.0 Å². The van der Waals surface area contributed by atoms with E-state index in [4.69, 9.17) is 9.15 Å². The van der Waals surface area contributed by atoms with Crippen molar-refractivity contribution in [2.24, 2.45) is 0 Å². The van der Waals surface area contributed by atoms with Crippen LogP contribution in [0.5, 0.6) is 0 Å². The van der Waals surface area contributed by atoms with Crippen LogP contribution >= 0.6 is 0 Å². The van der Waals surface area contributed by atoms with E-state index >= 15 is 0 Å². The molecule has 0 aliphatic carbocycles. The lowest BCUT2D eigenvalue weighted by Crippen LogP contribution is -2.45. The maximum Gasteiger partial charge on any atom is 0.409 e. The van der Waals surface area contributed by atoms with Crippen molar-refractivity contribution in [2.45, 2.75) is 45.6 Å². The fourth-order valence-electron chi connectivity index (χ4n) is 3.37. The molecule has 7 nitrogen and oxygen atoms in total. The molecule has 1 atom stereocenters. The van der Waals surface area contributed by atoms with Gasteiger partial charge in [-0.05, 0) is 45.2 Å². The van der Waals surface area contributed by atoms with Gasteiger partial charge in [-0.15, -0.1) is 0 Å². The molecule has 150 valence electrons. The Morgan fingerprint density at radius 1 is 1.29 bits per heavy atom. The second kappa shape index (κ2) is 9.39. The fourth-order valence-corrected chi connectivity index (χ4v) is 3.37. The maximum atomic E-state index is 12.6. The van der Waals surface area contributed by atoms with E-state index in [9.17, 15) is 9.59 Å². The predicted octanol–water partition coefficient (Wildman–Crippen LogP) is 3.32. The second-order valence-corrected chi connectivity index (χ2v) is 6.97. The molecule has 3 rings (SSSR count). The monoisotopic (exact) mass is 385 g/mol. The van der Waals surface area contributed by atoms with Crippen molar-refractivity contribution in [2.75, 3.05) is 19.7 Å². The highest BCUT2D eigenvalue weighted by Gasteiger charge is 2.24. The minimum Gasteiger partial charge on any atom is -0.450 e. The van der Waals surface area contributed by atoms with Crippen molar-refractivity contribution in [1.29, 1.82) is 0 Å². The minimum absolute atomic E-state index is 0.0831. The third-order valence-corrected chi connectivity index (χ3v) is 4.80. The first-order chi connectivity index (χ1) is 13.6. The van der Waals surface area contributed by atoms with E-state index in [2.05, 4.69) is 10.3 Å². The van der Waals surface area contributed by atoms with Crippen LogP contribution in [0, 0.1) is 6.92 Å². The van der Waals surface area contributed by atoms with Crippen LogP contribution in [0.4, 0.5) is 4.79 Å². The van der Waals surface area contributed by atoms with Gasteiger partial charge in [0.2, 0.25) is 11.8 Å². The van der Waals surface area contributed by atoms with Gasteiger partial charge in [0.25, 0.3) is 0 Å². The summed E-state index contributed by atoms with van der Waals surface area (Å²) in [5, 5.41) is 3.04. The number of benzene rings is 1. The molecule has 1 fully saturated rings. The first-order valence-electron chi connectivity index (χ1n) is 9.79. The number of hydrogen-bond donors (Lipinski definition) is 1. The highest BCUT2D eigenvalue weighted by Crippen LogP contribution is 2.21. The molecule has 1 aliphatic heterocycles. The van der Waals surface area contributed by atoms with Crippen LogP contribution in [0.15, 0.2) is 34.7 Å². The number of rotatable bonds is 5. The van der Waals surface area contributed by atoms with E-state index in [1.165, 1.54) is 0 Å². The van der Waals surface area contributed by atoms with Gasteiger partial charge in [0.1, 0.15) is 5.76 Å². The molecule has 2 amide bonds. The standard InChI is InChI=1S/C21H27N3O4/c1-3-27-21(26)24-12-8-7-11-17(14-24)22-19(25)13-18-15(2)28-20(23-18)16-9-5-4-6-10-16/h4-6,9-10,17H,3,7-8,11-14H2,1-2H3,(H,22,25)/t17-/m1/s1. The Balaban J connectivity index is 1.60. The molecule has 0 spiro atoms. The molecule has 1 aliphatic rings. The van der Waals surface area contributed by atoms with E-state index in [0.29, 0.717) is 37.0 Å². The van der Waals surface area contributed by atoms with Gasteiger partial charge in [0, 0.05) is 24.7 Å². The van der Waals surface area contributed by atoms with Gasteiger partial charge in [-0.1, -0.05) is 18.2 Å². The summed E-state index contributed by atoms with van der Waals surface area (Å²) < 4.78 is 10.8. The van der Waals surface area contributed by atoms with E-state index in [-0.39, 0.29) is 24.5 Å². The van der Waals surface area contributed by atoms with Crippen LogP contribution < -0.4 is 5.32 Å². The lowest BCUT2D eigenvalue weighted by Gasteiger charge is -2.24. The molecule has 7 heteroatoms. The van der Waals surface area contributed by atoms with Gasteiger partial charge < -0.3 is 19.4 Å². The molecule has 2 heterocycles. The van der Waals surface area contributed by atoms with Crippen molar-refractivity contribution in [3.63, 3.8) is 0 Å². The molecular weight excluding hydrogens is 358 g/mol. The zero-order valence-electron chi connectivity index (χ0n) is 16.4. The van der Waals surface area contributed by atoms with Crippen LogP contribution in [0.25, 0.3) is 11.5 Å². The van der Waals surface area contributed by atoms with E-state index < -0.39 is 0 Å². The minimum atomic E-state index is -0.316. The lowest BCUT2D eigenvalue weighted by atomic mass is 10.1. The quantitative estimate of drug-likeness (QED) is 0.853. The van der Waals surface area contributed by atoms with E-state index in [1.54, 1.807) is 11.8 Å². The average Bonchev–Trinajstić information content (AvgIpc) is 2.89. The second-order valence-electron chi connectivity index (χ2n) is 6.97. The molecule has 28 heavy (non-hydrogen) atoms. The van der Waals surface area contributed by atoms with Crippen LogP contribution in [0.2, 0.25) is 0 Å². The number of hydrogen-bond acceptors (Lipinski definition) is 5. The Labute approximate surface area is 165 Å². The van der Waals surface area contributed by atoms with Crippen molar-refractivity contribution in [3.8, 4) is 11.5 Å². The number of nitrogens with zero attached hydrogens (tertiary/aromatic N) is 2. The van der Waals surface area contributed by atoms with E-state index in [1.807, 2.05) is 37.3 Å². The van der Waals surface area contributed by atoms with Gasteiger partial charge >= 0.3 is 6.09 Å². The summed E-state index contributed by atoms with van der Waals surface area (Å²) in [6.07, 6.45) is 2.55. The summed E-state index contributed by atoms with van der Waals surface area (Å²) in [4.78, 5) is 30.8. The number of oxazole rings is 1. The summed E-state index contributed by atoms with van der Waals surface area (Å²) >= 11 is 0. The molecule has 0 radical (unpaired) electrons. The first kappa shape index (κ1) is 19.9. The highest BCUT2D eigenvalue weighted by molar-refractivity contribution is 5.79. The lowest BCUT2D eigenvalue weighted by molar-refractivity contribution is -0.121. The number of carbonyl (C=O) groups excluding carboxylic acids is 2. The Morgan fingerprint density at radius 3 is 2.82 bits per heavy atom.